The summed E-state index contributed by atoms with van der Waals surface area (Å²) in [5.41, 5.74) is 1.67. The van der Waals surface area contributed by atoms with Crippen molar-refractivity contribution in [2.75, 3.05) is 13.7 Å². The van der Waals surface area contributed by atoms with E-state index in [1.807, 2.05) is 0 Å². The van der Waals surface area contributed by atoms with Crippen LogP contribution < -0.4 is 0 Å². The molecule has 0 fully saturated rings. The Morgan fingerprint density at radius 2 is 1.86 bits per heavy atom. The highest BCUT2D eigenvalue weighted by molar-refractivity contribution is 5.16. The van der Waals surface area contributed by atoms with E-state index in [-0.39, 0.29) is 5.41 Å². The summed E-state index contributed by atoms with van der Waals surface area (Å²) < 4.78 is 5.27. The Morgan fingerprint density at radius 3 is 2.36 bits per heavy atom. The Hall–Kier alpha value is -0.820. The average molecular weight is 192 g/mol. The summed E-state index contributed by atoms with van der Waals surface area (Å²) in [5, 5.41) is 0. The highest BCUT2D eigenvalue weighted by Crippen LogP contribution is 2.26. The maximum Gasteiger partial charge on any atom is 0.0519 e. The van der Waals surface area contributed by atoms with Crippen molar-refractivity contribution in [3.63, 3.8) is 0 Å². The van der Waals surface area contributed by atoms with Gasteiger partial charge in [-0.1, -0.05) is 44.2 Å². The van der Waals surface area contributed by atoms with E-state index in [4.69, 9.17) is 4.74 Å². The van der Waals surface area contributed by atoms with Crippen LogP contribution in [-0.2, 0) is 11.2 Å². The van der Waals surface area contributed by atoms with Crippen molar-refractivity contribution < 1.29 is 4.74 Å². The van der Waals surface area contributed by atoms with Crippen molar-refractivity contribution >= 4 is 0 Å². The van der Waals surface area contributed by atoms with E-state index >= 15 is 0 Å². The van der Waals surface area contributed by atoms with E-state index in [0.717, 1.165) is 19.4 Å². The summed E-state index contributed by atoms with van der Waals surface area (Å²) in [6.45, 7) is 5.34. The highest BCUT2D eigenvalue weighted by atomic mass is 16.5. The molecule has 0 amide bonds. The van der Waals surface area contributed by atoms with Gasteiger partial charge in [0.1, 0.15) is 0 Å². The molecule has 0 aromatic heterocycles. The number of rotatable bonds is 5. The molecule has 78 valence electrons. The first-order valence-corrected chi connectivity index (χ1v) is 5.23. The zero-order valence-corrected chi connectivity index (χ0v) is 9.42. The fraction of sp³-hybridized carbons (Fsp3) is 0.538. The maximum absolute atomic E-state index is 5.27. The topological polar surface area (TPSA) is 9.23 Å². The predicted octanol–water partition coefficient (Wildman–Crippen LogP) is 3.29. The van der Waals surface area contributed by atoms with Crippen LogP contribution in [0, 0.1) is 5.41 Å². The average Bonchev–Trinajstić information content (AvgIpc) is 2.20. The molecule has 1 nitrogen and oxygen atoms in total. The molecule has 1 atom stereocenters. The van der Waals surface area contributed by atoms with Gasteiger partial charge in [-0.25, -0.2) is 0 Å². The van der Waals surface area contributed by atoms with Gasteiger partial charge in [-0.3, -0.25) is 0 Å². The molecule has 1 heteroatoms. The summed E-state index contributed by atoms with van der Waals surface area (Å²) in [6, 6.07) is 10.6. The Balaban J connectivity index is 2.65. The molecule has 0 saturated carbocycles. The van der Waals surface area contributed by atoms with E-state index in [0.29, 0.717) is 0 Å². The van der Waals surface area contributed by atoms with Gasteiger partial charge in [0.05, 0.1) is 6.61 Å². The molecule has 0 heterocycles. The standard InChI is InChI=1S/C13H20O/c1-4-13(2,11-14-3)10-12-8-6-5-7-9-12/h5-9H,4,10-11H2,1-3H3. The maximum atomic E-state index is 5.27. The van der Waals surface area contributed by atoms with Gasteiger partial charge in [-0.15, -0.1) is 0 Å². The zero-order chi connectivity index (χ0) is 10.4. The molecule has 0 aliphatic rings. The third kappa shape index (κ3) is 3.15. The first-order valence-electron chi connectivity index (χ1n) is 5.23. The summed E-state index contributed by atoms with van der Waals surface area (Å²) in [7, 11) is 1.78. The quantitative estimate of drug-likeness (QED) is 0.695. The van der Waals surface area contributed by atoms with Crippen molar-refractivity contribution in [2.24, 2.45) is 5.41 Å². The second-order valence-corrected chi connectivity index (χ2v) is 4.26. The number of ether oxygens (including phenoxy) is 1. The Labute approximate surface area is 87.1 Å². The molecular weight excluding hydrogens is 172 g/mol. The second-order valence-electron chi connectivity index (χ2n) is 4.26. The smallest absolute Gasteiger partial charge is 0.0519 e. The van der Waals surface area contributed by atoms with Crippen LogP contribution in [0.2, 0.25) is 0 Å². The molecule has 14 heavy (non-hydrogen) atoms. The third-order valence-electron chi connectivity index (χ3n) is 2.82. The Kier molecular flexibility index (Phi) is 4.15. The van der Waals surface area contributed by atoms with Crippen molar-refractivity contribution in [3.05, 3.63) is 35.9 Å². The van der Waals surface area contributed by atoms with Crippen molar-refractivity contribution in [2.45, 2.75) is 26.7 Å². The molecule has 1 unspecified atom stereocenters. The minimum atomic E-state index is 0.274. The second kappa shape index (κ2) is 5.16. The van der Waals surface area contributed by atoms with Crippen LogP contribution in [0.1, 0.15) is 25.8 Å². The SMILES string of the molecule is CCC(C)(COC)Cc1ccccc1. The van der Waals surface area contributed by atoms with Crippen LogP contribution in [-0.4, -0.2) is 13.7 Å². The minimum Gasteiger partial charge on any atom is -0.384 e. The molecule has 1 aromatic rings. The van der Waals surface area contributed by atoms with E-state index in [9.17, 15) is 0 Å². The van der Waals surface area contributed by atoms with Crippen LogP contribution in [0.25, 0.3) is 0 Å². The van der Waals surface area contributed by atoms with Gasteiger partial charge in [0.2, 0.25) is 0 Å². The van der Waals surface area contributed by atoms with Crippen LogP contribution in [0.4, 0.5) is 0 Å². The fourth-order valence-electron chi connectivity index (χ4n) is 1.72. The van der Waals surface area contributed by atoms with Crippen LogP contribution in [0.3, 0.4) is 0 Å². The van der Waals surface area contributed by atoms with Crippen molar-refractivity contribution in [1.82, 2.24) is 0 Å². The molecule has 1 aromatic carbocycles. The third-order valence-corrected chi connectivity index (χ3v) is 2.82. The van der Waals surface area contributed by atoms with Gasteiger partial charge in [-0.05, 0) is 23.8 Å². The molecule has 1 rings (SSSR count). The van der Waals surface area contributed by atoms with Gasteiger partial charge >= 0.3 is 0 Å². The van der Waals surface area contributed by atoms with Gasteiger partial charge in [0.15, 0.2) is 0 Å². The zero-order valence-electron chi connectivity index (χ0n) is 9.42. The lowest BCUT2D eigenvalue weighted by Crippen LogP contribution is -2.24. The minimum absolute atomic E-state index is 0.274. The fourth-order valence-corrected chi connectivity index (χ4v) is 1.72. The van der Waals surface area contributed by atoms with E-state index in [1.165, 1.54) is 5.56 Å². The number of benzene rings is 1. The van der Waals surface area contributed by atoms with Crippen LogP contribution in [0.15, 0.2) is 30.3 Å². The highest BCUT2D eigenvalue weighted by Gasteiger charge is 2.22. The lowest BCUT2D eigenvalue weighted by molar-refractivity contribution is 0.0889. The van der Waals surface area contributed by atoms with Crippen LogP contribution >= 0.6 is 0 Å². The Morgan fingerprint density at radius 1 is 1.21 bits per heavy atom. The Bertz CT molecular complexity index is 255. The lowest BCUT2D eigenvalue weighted by Gasteiger charge is -2.27. The molecule has 0 N–H and O–H groups in total. The molecule has 0 aliphatic heterocycles. The molecule has 0 spiro atoms. The van der Waals surface area contributed by atoms with Gasteiger partial charge in [0.25, 0.3) is 0 Å². The molecule has 0 saturated heterocycles. The molecule has 0 radical (unpaired) electrons. The van der Waals surface area contributed by atoms with Gasteiger partial charge in [0, 0.05) is 7.11 Å². The normalized spacial score (nSPS) is 15.1. The van der Waals surface area contributed by atoms with Crippen LogP contribution in [0.5, 0.6) is 0 Å². The first-order chi connectivity index (χ1) is 6.70. The summed E-state index contributed by atoms with van der Waals surface area (Å²) in [5.74, 6) is 0. The van der Waals surface area contributed by atoms with E-state index < -0.39 is 0 Å². The molecule has 0 bridgehead atoms. The van der Waals surface area contributed by atoms with Gasteiger partial charge in [-0.2, -0.15) is 0 Å². The van der Waals surface area contributed by atoms with Crippen molar-refractivity contribution in [1.29, 1.82) is 0 Å². The first kappa shape index (κ1) is 11.3. The molecule has 0 aliphatic carbocycles. The van der Waals surface area contributed by atoms with Gasteiger partial charge < -0.3 is 4.74 Å². The van der Waals surface area contributed by atoms with E-state index in [2.05, 4.69) is 44.2 Å². The van der Waals surface area contributed by atoms with Crippen molar-refractivity contribution in [3.8, 4) is 0 Å². The number of methoxy groups -OCH3 is 1. The predicted molar refractivity (Wildman–Crippen MR) is 60.4 cm³/mol. The monoisotopic (exact) mass is 192 g/mol. The largest absolute Gasteiger partial charge is 0.384 e. The number of hydrogen-bond donors (Lipinski definition) is 0. The summed E-state index contributed by atoms with van der Waals surface area (Å²) >= 11 is 0. The molecular formula is C13H20O. The van der Waals surface area contributed by atoms with E-state index in [1.54, 1.807) is 7.11 Å². The summed E-state index contributed by atoms with van der Waals surface area (Å²) in [4.78, 5) is 0. The number of hydrogen-bond acceptors (Lipinski definition) is 1. The lowest BCUT2D eigenvalue weighted by atomic mass is 9.82. The summed E-state index contributed by atoms with van der Waals surface area (Å²) in [6.07, 6.45) is 2.24.